The molecule has 1 aromatic heterocycles. The van der Waals surface area contributed by atoms with Crippen LogP contribution in [0.3, 0.4) is 0 Å². The van der Waals surface area contributed by atoms with Crippen molar-refractivity contribution in [1.29, 1.82) is 0 Å². The first kappa shape index (κ1) is 10.3. The van der Waals surface area contributed by atoms with Gasteiger partial charge < -0.3 is 4.74 Å². The van der Waals surface area contributed by atoms with Crippen molar-refractivity contribution in [2.45, 2.75) is 25.4 Å². The Morgan fingerprint density at radius 1 is 1.64 bits per heavy atom. The Labute approximate surface area is 95.4 Å². The standard InChI is InChI=1S/C10H11BrO2S/c11-10-4-3-9(14-10)8(12)6-7-2-1-5-13-7/h3-4,7H,1-2,5-6H2. The van der Waals surface area contributed by atoms with Crippen LogP contribution in [0.25, 0.3) is 0 Å². The Kier molecular flexibility index (Phi) is 3.36. The van der Waals surface area contributed by atoms with Crippen LogP contribution in [0.5, 0.6) is 0 Å². The summed E-state index contributed by atoms with van der Waals surface area (Å²) in [5.74, 6) is 0.201. The lowest BCUT2D eigenvalue weighted by molar-refractivity contribution is 0.0779. The van der Waals surface area contributed by atoms with Crippen molar-refractivity contribution >= 4 is 33.0 Å². The van der Waals surface area contributed by atoms with E-state index < -0.39 is 0 Å². The van der Waals surface area contributed by atoms with Crippen LogP contribution in [0.1, 0.15) is 28.9 Å². The molecule has 2 heterocycles. The van der Waals surface area contributed by atoms with Gasteiger partial charge in [-0.05, 0) is 40.9 Å². The third kappa shape index (κ3) is 2.43. The van der Waals surface area contributed by atoms with E-state index in [0.717, 1.165) is 28.1 Å². The molecule has 1 atom stereocenters. The van der Waals surface area contributed by atoms with E-state index in [1.54, 1.807) is 0 Å². The van der Waals surface area contributed by atoms with Crippen molar-refractivity contribution in [1.82, 2.24) is 0 Å². The molecular weight excluding hydrogens is 264 g/mol. The summed E-state index contributed by atoms with van der Waals surface area (Å²) in [6, 6.07) is 3.78. The van der Waals surface area contributed by atoms with Crippen LogP contribution in [0.4, 0.5) is 0 Å². The summed E-state index contributed by atoms with van der Waals surface area (Å²) in [5, 5.41) is 0. The quantitative estimate of drug-likeness (QED) is 0.791. The molecule has 1 aliphatic rings. The Morgan fingerprint density at radius 3 is 3.07 bits per heavy atom. The highest BCUT2D eigenvalue weighted by molar-refractivity contribution is 9.11. The molecule has 76 valence electrons. The first-order chi connectivity index (χ1) is 6.75. The smallest absolute Gasteiger partial charge is 0.175 e. The summed E-state index contributed by atoms with van der Waals surface area (Å²) in [5.41, 5.74) is 0. The van der Waals surface area contributed by atoms with Gasteiger partial charge in [-0.3, -0.25) is 4.79 Å². The fraction of sp³-hybridized carbons (Fsp3) is 0.500. The molecule has 0 amide bonds. The fourth-order valence-electron chi connectivity index (χ4n) is 1.58. The Bertz CT molecular complexity index is 329. The van der Waals surface area contributed by atoms with Crippen LogP contribution in [0.2, 0.25) is 0 Å². The highest BCUT2D eigenvalue weighted by atomic mass is 79.9. The van der Waals surface area contributed by atoms with E-state index in [2.05, 4.69) is 15.9 Å². The average Bonchev–Trinajstić information content (AvgIpc) is 2.75. The van der Waals surface area contributed by atoms with Gasteiger partial charge in [-0.2, -0.15) is 0 Å². The Hall–Kier alpha value is -0.190. The molecule has 0 aliphatic carbocycles. The number of Topliss-reactive ketones (excluding diaryl/α,β-unsaturated/α-hetero) is 1. The minimum Gasteiger partial charge on any atom is -0.378 e. The van der Waals surface area contributed by atoms with Crippen molar-refractivity contribution in [3.63, 3.8) is 0 Å². The largest absolute Gasteiger partial charge is 0.378 e. The summed E-state index contributed by atoms with van der Waals surface area (Å²) < 4.78 is 6.43. The number of halogens is 1. The lowest BCUT2D eigenvalue weighted by Gasteiger charge is -2.06. The van der Waals surface area contributed by atoms with Crippen molar-refractivity contribution in [2.75, 3.05) is 6.61 Å². The minimum absolute atomic E-state index is 0.156. The predicted octanol–water partition coefficient (Wildman–Crippen LogP) is 3.26. The molecule has 0 saturated carbocycles. The van der Waals surface area contributed by atoms with Crippen LogP contribution < -0.4 is 0 Å². The number of hydrogen-bond donors (Lipinski definition) is 0. The van der Waals surface area contributed by atoms with Crippen molar-refractivity contribution < 1.29 is 9.53 Å². The monoisotopic (exact) mass is 274 g/mol. The van der Waals surface area contributed by atoms with E-state index >= 15 is 0 Å². The van der Waals surface area contributed by atoms with E-state index in [9.17, 15) is 4.79 Å². The zero-order valence-electron chi connectivity index (χ0n) is 7.66. The van der Waals surface area contributed by atoms with Gasteiger partial charge in [0.05, 0.1) is 14.8 Å². The van der Waals surface area contributed by atoms with E-state index in [-0.39, 0.29) is 11.9 Å². The number of thiophene rings is 1. The van der Waals surface area contributed by atoms with Gasteiger partial charge in [0.15, 0.2) is 5.78 Å². The summed E-state index contributed by atoms with van der Waals surface area (Å²) in [7, 11) is 0. The van der Waals surface area contributed by atoms with Crippen molar-refractivity contribution in [3.05, 3.63) is 20.8 Å². The van der Waals surface area contributed by atoms with Crippen LogP contribution in [-0.4, -0.2) is 18.5 Å². The zero-order chi connectivity index (χ0) is 9.97. The van der Waals surface area contributed by atoms with Crippen LogP contribution >= 0.6 is 27.3 Å². The molecule has 0 radical (unpaired) electrons. The van der Waals surface area contributed by atoms with Crippen molar-refractivity contribution in [3.8, 4) is 0 Å². The molecule has 0 bridgehead atoms. The molecule has 14 heavy (non-hydrogen) atoms. The van der Waals surface area contributed by atoms with Crippen LogP contribution in [-0.2, 0) is 4.74 Å². The predicted molar refractivity (Wildman–Crippen MR) is 59.9 cm³/mol. The van der Waals surface area contributed by atoms with E-state index in [1.807, 2.05) is 12.1 Å². The molecule has 1 fully saturated rings. The number of ketones is 1. The lowest BCUT2D eigenvalue weighted by Crippen LogP contribution is -2.11. The third-order valence-electron chi connectivity index (χ3n) is 2.29. The molecule has 0 N–H and O–H groups in total. The normalized spacial score (nSPS) is 21.4. The maximum absolute atomic E-state index is 11.7. The second-order valence-electron chi connectivity index (χ2n) is 3.37. The van der Waals surface area contributed by atoms with Gasteiger partial charge in [-0.15, -0.1) is 11.3 Å². The highest BCUT2D eigenvalue weighted by Crippen LogP contribution is 2.25. The average molecular weight is 275 g/mol. The van der Waals surface area contributed by atoms with Gasteiger partial charge in [0.1, 0.15) is 0 Å². The Morgan fingerprint density at radius 2 is 2.50 bits per heavy atom. The van der Waals surface area contributed by atoms with Crippen molar-refractivity contribution in [2.24, 2.45) is 0 Å². The fourth-order valence-corrected chi connectivity index (χ4v) is 2.91. The Balaban J connectivity index is 1.95. The number of carbonyl (C=O) groups excluding carboxylic acids is 1. The molecule has 1 saturated heterocycles. The van der Waals surface area contributed by atoms with Crippen LogP contribution in [0, 0.1) is 0 Å². The number of rotatable bonds is 3. The van der Waals surface area contributed by atoms with E-state index in [0.29, 0.717) is 6.42 Å². The number of hydrogen-bond acceptors (Lipinski definition) is 3. The molecule has 0 aromatic carbocycles. The second kappa shape index (κ2) is 4.55. The molecule has 2 nitrogen and oxygen atoms in total. The zero-order valence-corrected chi connectivity index (χ0v) is 10.1. The van der Waals surface area contributed by atoms with Gasteiger partial charge in [-0.1, -0.05) is 0 Å². The summed E-state index contributed by atoms with van der Waals surface area (Å²) in [6.07, 6.45) is 2.81. The third-order valence-corrected chi connectivity index (χ3v) is 3.95. The molecular formula is C10H11BrO2S. The van der Waals surface area contributed by atoms with Gasteiger partial charge in [0.25, 0.3) is 0 Å². The van der Waals surface area contributed by atoms with E-state index in [4.69, 9.17) is 4.74 Å². The molecule has 2 rings (SSSR count). The van der Waals surface area contributed by atoms with Gasteiger partial charge in [0.2, 0.25) is 0 Å². The SMILES string of the molecule is O=C(CC1CCCO1)c1ccc(Br)s1. The first-order valence-corrected chi connectivity index (χ1v) is 6.27. The summed E-state index contributed by atoms with van der Waals surface area (Å²) >= 11 is 4.84. The number of carbonyl (C=O) groups is 1. The van der Waals surface area contributed by atoms with Gasteiger partial charge in [0, 0.05) is 13.0 Å². The van der Waals surface area contributed by atoms with Gasteiger partial charge >= 0.3 is 0 Å². The first-order valence-electron chi connectivity index (χ1n) is 4.66. The molecule has 1 aromatic rings. The van der Waals surface area contributed by atoms with Gasteiger partial charge in [-0.25, -0.2) is 0 Å². The summed E-state index contributed by atoms with van der Waals surface area (Å²) in [6.45, 7) is 0.812. The summed E-state index contributed by atoms with van der Waals surface area (Å²) in [4.78, 5) is 12.5. The molecule has 1 aliphatic heterocycles. The maximum Gasteiger partial charge on any atom is 0.175 e. The topological polar surface area (TPSA) is 26.3 Å². The van der Waals surface area contributed by atoms with E-state index in [1.165, 1.54) is 11.3 Å². The van der Waals surface area contributed by atoms with Crippen LogP contribution in [0.15, 0.2) is 15.9 Å². The highest BCUT2D eigenvalue weighted by Gasteiger charge is 2.20. The second-order valence-corrected chi connectivity index (χ2v) is 5.83. The lowest BCUT2D eigenvalue weighted by atomic mass is 10.1. The molecule has 0 spiro atoms. The molecule has 4 heteroatoms. The maximum atomic E-state index is 11.7. The minimum atomic E-state index is 0.156. The molecule has 1 unspecified atom stereocenters. The number of ether oxygens (including phenoxy) is 1.